The van der Waals surface area contributed by atoms with Gasteiger partial charge in [-0.05, 0) is 36.1 Å². The Hall–Kier alpha value is -0.650. The number of halogens is 1. The largest absolute Gasteiger partial charge is 0.307 e. The zero-order valence-electron chi connectivity index (χ0n) is 8.21. The van der Waals surface area contributed by atoms with Gasteiger partial charge in [-0.15, -0.1) is 0 Å². The Bertz CT molecular complexity index is 340. The van der Waals surface area contributed by atoms with Gasteiger partial charge in [0.2, 0.25) is 0 Å². The van der Waals surface area contributed by atoms with Crippen molar-refractivity contribution < 1.29 is 0 Å². The third-order valence-corrected chi connectivity index (χ3v) is 2.61. The van der Waals surface area contributed by atoms with Crippen molar-refractivity contribution in [2.45, 2.75) is 6.04 Å². The van der Waals surface area contributed by atoms with Crippen LogP contribution < -0.4 is 10.9 Å². The van der Waals surface area contributed by atoms with Crippen molar-refractivity contribution in [1.29, 1.82) is 0 Å². The van der Waals surface area contributed by atoms with Crippen LogP contribution in [0.15, 0.2) is 16.7 Å². The Kier molecular flexibility index (Phi) is 2.71. The molecule has 0 aliphatic carbocycles. The lowest BCUT2D eigenvalue weighted by Crippen LogP contribution is -2.29. The number of nitrogens with one attached hydrogen (secondary N) is 2. The van der Waals surface area contributed by atoms with Crippen molar-refractivity contribution in [3.05, 3.63) is 22.3 Å². The van der Waals surface area contributed by atoms with Crippen molar-refractivity contribution in [2.75, 3.05) is 26.1 Å². The molecule has 0 amide bonds. The molecule has 1 aromatic rings. The van der Waals surface area contributed by atoms with Crippen LogP contribution in [0.25, 0.3) is 0 Å². The summed E-state index contributed by atoms with van der Waals surface area (Å²) < 4.78 is 1.02. The van der Waals surface area contributed by atoms with Crippen LogP contribution in [0.4, 0.5) is 5.82 Å². The molecule has 2 rings (SSSR count). The first-order valence-electron chi connectivity index (χ1n) is 4.48. The molecule has 0 fully saturated rings. The SMILES string of the molecule is CN(C)CC1NNc2ncc(Br)cc21. The molecule has 1 atom stereocenters. The van der Waals surface area contributed by atoms with Crippen molar-refractivity contribution in [2.24, 2.45) is 0 Å². The molecule has 2 N–H and O–H groups in total. The molecular formula is C9H13BrN4. The topological polar surface area (TPSA) is 40.2 Å². The number of hydrazine groups is 1. The summed E-state index contributed by atoms with van der Waals surface area (Å²) in [5.74, 6) is 0.931. The Morgan fingerprint density at radius 1 is 1.57 bits per heavy atom. The van der Waals surface area contributed by atoms with Crippen LogP contribution >= 0.6 is 15.9 Å². The fourth-order valence-corrected chi connectivity index (χ4v) is 1.92. The highest BCUT2D eigenvalue weighted by molar-refractivity contribution is 9.10. The van der Waals surface area contributed by atoms with Crippen molar-refractivity contribution in [3.63, 3.8) is 0 Å². The minimum absolute atomic E-state index is 0.310. The van der Waals surface area contributed by atoms with E-state index in [1.807, 2.05) is 0 Å². The number of fused-ring (bicyclic) bond motifs is 1. The second-order valence-electron chi connectivity index (χ2n) is 3.68. The van der Waals surface area contributed by atoms with Gasteiger partial charge in [0.25, 0.3) is 0 Å². The number of nitrogens with zero attached hydrogens (tertiary/aromatic N) is 2. The smallest absolute Gasteiger partial charge is 0.145 e. The second-order valence-corrected chi connectivity index (χ2v) is 4.59. The van der Waals surface area contributed by atoms with E-state index >= 15 is 0 Å². The first-order chi connectivity index (χ1) is 6.66. The zero-order valence-corrected chi connectivity index (χ0v) is 9.80. The molecule has 0 saturated carbocycles. The van der Waals surface area contributed by atoms with Gasteiger partial charge in [0.1, 0.15) is 5.82 Å². The average molecular weight is 257 g/mol. The highest BCUT2D eigenvalue weighted by Gasteiger charge is 2.23. The van der Waals surface area contributed by atoms with E-state index in [2.05, 4.69) is 56.8 Å². The quantitative estimate of drug-likeness (QED) is 0.839. The number of pyridine rings is 1. The molecule has 76 valence electrons. The molecule has 1 aliphatic heterocycles. The van der Waals surface area contributed by atoms with E-state index in [0.717, 1.165) is 16.8 Å². The molecule has 5 heteroatoms. The Morgan fingerprint density at radius 3 is 3.07 bits per heavy atom. The maximum atomic E-state index is 4.28. The summed E-state index contributed by atoms with van der Waals surface area (Å²) >= 11 is 3.43. The molecule has 1 unspecified atom stereocenters. The summed E-state index contributed by atoms with van der Waals surface area (Å²) in [4.78, 5) is 6.43. The van der Waals surface area contributed by atoms with Crippen LogP contribution in [0.5, 0.6) is 0 Å². The highest BCUT2D eigenvalue weighted by atomic mass is 79.9. The molecule has 14 heavy (non-hydrogen) atoms. The lowest BCUT2D eigenvalue weighted by Gasteiger charge is -2.16. The molecule has 1 aromatic heterocycles. The average Bonchev–Trinajstić information content (AvgIpc) is 2.47. The van der Waals surface area contributed by atoms with Gasteiger partial charge in [-0.1, -0.05) is 0 Å². The number of hydrogen-bond acceptors (Lipinski definition) is 4. The summed E-state index contributed by atoms with van der Waals surface area (Å²) in [5.41, 5.74) is 7.50. The first kappa shape index (κ1) is 9.89. The van der Waals surface area contributed by atoms with Gasteiger partial charge in [-0.2, -0.15) is 0 Å². The molecule has 0 radical (unpaired) electrons. The summed E-state index contributed by atoms with van der Waals surface area (Å²) in [6.45, 7) is 0.956. The van der Waals surface area contributed by atoms with Crippen molar-refractivity contribution in [1.82, 2.24) is 15.3 Å². The fraction of sp³-hybridized carbons (Fsp3) is 0.444. The second kappa shape index (κ2) is 3.84. The van der Waals surface area contributed by atoms with Gasteiger partial charge in [0.05, 0.1) is 6.04 Å². The fourth-order valence-electron chi connectivity index (χ4n) is 1.57. The van der Waals surface area contributed by atoms with Gasteiger partial charge in [-0.3, -0.25) is 0 Å². The molecule has 2 heterocycles. The first-order valence-corrected chi connectivity index (χ1v) is 5.28. The number of hydrogen-bond donors (Lipinski definition) is 2. The molecule has 0 spiro atoms. The summed E-state index contributed by atoms with van der Waals surface area (Å²) in [6, 6.07) is 2.41. The Labute approximate surface area is 91.8 Å². The van der Waals surface area contributed by atoms with E-state index in [-0.39, 0.29) is 0 Å². The summed E-state index contributed by atoms with van der Waals surface area (Å²) in [5, 5.41) is 0. The lowest BCUT2D eigenvalue weighted by atomic mass is 10.1. The van der Waals surface area contributed by atoms with Gasteiger partial charge in [0, 0.05) is 22.8 Å². The summed E-state index contributed by atoms with van der Waals surface area (Å²) in [6.07, 6.45) is 1.80. The molecule has 4 nitrogen and oxygen atoms in total. The Morgan fingerprint density at radius 2 is 2.36 bits per heavy atom. The van der Waals surface area contributed by atoms with Crippen LogP contribution in [0.3, 0.4) is 0 Å². The molecule has 1 aliphatic rings. The summed E-state index contributed by atoms with van der Waals surface area (Å²) in [7, 11) is 4.12. The minimum atomic E-state index is 0.310. The van der Waals surface area contributed by atoms with E-state index in [4.69, 9.17) is 0 Å². The number of rotatable bonds is 2. The standard InChI is InChI=1S/C9H13BrN4/c1-14(2)5-8-7-3-6(10)4-11-9(7)13-12-8/h3-4,8,12H,5H2,1-2H3,(H,11,13). The van der Waals surface area contributed by atoms with E-state index in [1.165, 1.54) is 5.56 Å². The van der Waals surface area contributed by atoms with Gasteiger partial charge in [-0.25, -0.2) is 10.4 Å². The molecular weight excluding hydrogens is 244 g/mol. The van der Waals surface area contributed by atoms with Crippen LogP contribution in [0, 0.1) is 0 Å². The van der Waals surface area contributed by atoms with Crippen LogP contribution in [-0.2, 0) is 0 Å². The van der Waals surface area contributed by atoms with E-state index in [0.29, 0.717) is 6.04 Å². The predicted molar refractivity (Wildman–Crippen MR) is 60.0 cm³/mol. The molecule has 0 saturated heterocycles. The highest BCUT2D eigenvalue weighted by Crippen LogP contribution is 2.28. The van der Waals surface area contributed by atoms with Gasteiger partial charge >= 0.3 is 0 Å². The van der Waals surface area contributed by atoms with Gasteiger partial charge < -0.3 is 10.3 Å². The van der Waals surface area contributed by atoms with E-state index in [1.54, 1.807) is 6.20 Å². The Balaban J connectivity index is 2.24. The zero-order chi connectivity index (χ0) is 10.1. The maximum absolute atomic E-state index is 4.28. The third kappa shape index (κ3) is 1.89. The van der Waals surface area contributed by atoms with Crippen molar-refractivity contribution in [3.8, 4) is 0 Å². The molecule has 0 bridgehead atoms. The minimum Gasteiger partial charge on any atom is -0.307 e. The van der Waals surface area contributed by atoms with Crippen LogP contribution in [-0.4, -0.2) is 30.5 Å². The maximum Gasteiger partial charge on any atom is 0.145 e. The van der Waals surface area contributed by atoms with Crippen LogP contribution in [0.1, 0.15) is 11.6 Å². The van der Waals surface area contributed by atoms with E-state index < -0.39 is 0 Å². The number of likely N-dealkylation sites (N-methyl/N-ethyl adjacent to an activating group) is 1. The monoisotopic (exact) mass is 256 g/mol. The number of aromatic nitrogens is 1. The van der Waals surface area contributed by atoms with E-state index in [9.17, 15) is 0 Å². The lowest BCUT2D eigenvalue weighted by molar-refractivity contribution is 0.359. The predicted octanol–water partition coefficient (Wildman–Crippen LogP) is 1.38. The third-order valence-electron chi connectivity index (χ3n) is 2.17. The van der Waals surface area contributed by atoms with Crippen molar-refractivity contribution >= 4 is 21.7 Å². The normalized spacial score (nSPS) is 19.6. The van der Waals surface area contributed by atoms with Gasteiger partial charge in [0.15, 0.2) is 0 Å². The van der Waals surface area contributed by atoms with Crippen LogP contribution in [0.2, 0.25) is 0 Å². The number of anilines is 1. The molecule has 0 aromatic carbocycles.